The molecule has 0 saturated heterocycles. The Morgan fingerprint density at radius 1 is 1.28 bits per heavy atom. The molecule has 7 heteroatoms. The van der Waals surface area contributed by atoms with Crippen molar-refractivity contribution >= 4 is 28.5 Å². The molecule has 3 aromatic rings. The fourth-order valence-corrected chi connectivity index (χ4v) is 2.94. The molecule has 0 radical (unpaired) electrons. The first-order valence-electron chi connectivity index (χ1n) is 7.94. The van der Waals surface area contributed by atoms with Crippen LogP contribution in [-0.4, -0.2) is 39.3 Å². The standard InChI is InChI=1S/C18H20N4O3/c1-11-12(2)22(8-9-23)17-15(11)16(19-10-20-17)21-14-7-5-4-6-13(14)18(24)25-3/h4-7,10,23H,8-9H2,1-3H3,(H,19,20,21). The lowest BCUT2D eigenvalue weighted by molar-refractivity contribution is 0.0602. The van der Waals surface area contributed by atoms with Crippen LogP contribution in [0.15, 0.2) is 30.6 Å². The van der Waals surface area contributed by atoms with Gasteiger partial charge in [0.1, 0.15) is 17.8 Å². The molecule has 0 atom stereocenters. The molecule has 2 aromatic heterocycles. The van der Waals surface area contributed by atoms with Crippen molar-refractivity contribution in [3.05, 3.63) is 47.4 Å². The molecule has 0 amide bonds. The van der Waals surface area contributed by atoms with E-state index in [1.807, 2.05) is 24.5 Å². The Bertz CT molecular complexity index is 933. The number of rotatable bonds is 5. The second-order valence-corrected chi connectivity index (χ2v) is 5.67. The molecule has 2 heterocycles. The van der Waals surface area contributed by atoms with Gasteiger partial charge in [0.2, 0.25) is 0 Å². The van der Waals surface area contributed by atoms with Gasteiger partial charge in [0.15, 0.2) is 0 Å². The summed E-state index contributed by atoms with van der Waals surface area (Å²) in [4.78, 5) is 20.7. The van der Waals surface area contributed by atoms with E-state index in [-0.39, 0.29) is 6.61 Å². The number of nitrogens with one attached hydrogen (secondary N) is 1. The van der Waals surface area contributed by atoms with Crippen molar-refractivity contribution in [3.8, 4) is 0 Å². The van der Waals surface area contributed by atoms with Crippen LogP contribution in [0, 0.1) is 13.8 Å². The van der Waals surface area contributed by atoms with E-state index in [0.29, 0.717) is 23.6 Å². The van der Waals surface area contributed by atoms with Crippen LogP contribution in [0.3, 0.4) is 0 Å². The molecule has 7 nitrogen and oxygen atoms in total. The first kappa shape index (κ1) is 16.9. The highest BCUT2D eigenvalue weighted by atomic mass is 16.5. The molecule has 130 valence electrons. The molecule has 1 aromatic carbocycles. The van der Waals surface area contributed by atoms with Crippen LogP contribution in [0.5, 0.6) is 0 Å². The molecule has 3 rings (SSSR count). The van der Waals surface area contributed by atoms with Gasteiger partial charge in [-0.25, -0.2) is 14.8 Å². The minimum atomic E-state index is -0.417. The van der Waals surface area contributed by atoms with E-state index in [9.17, 15) is 9.90 Å². The van der Waals surface area contributed by atoms with Crippen molar-refractivity contribution < 1.29 is 14.6 Å². The number of ether oxygens (including phenoxy) is 1. The van der Waals surface area contributed by atoms with Crippen molar-refractivity contribution in [2.75, 3.05) is 19.0 Å². The Morgan fingerprint density at radius 2 is 2.04 bits per heavy atom. The van der Waals surface area contributed by atoms with Crippen LogP contribution < -0.4 is 5.32 Å². The summed E-state index contributed by atoms with van der Waals surface area (Å²) < 4.78 is 6.80. The maximum Gasteiger partial charge on any atom is 0.339 e. The second kappa shape index (κ2) is 6.90. The number of para-hydroxylation sites is 1. The van der Waals surface area contributed by atoms with Gasteiger partial charge in [0.25, 0.3) is 0 Å². The van der Waals surface area contributed by atoms with Crippen LogP contribution >= 0.6 is 0 Å². The summed E-state index contributed by atoms with van der Waals surface area (Å²) in [5, 5.41) is 13.4. The minimum absolute atomic E-state index is 0.0298. The number of anilines is 2. The third-order valence-electron chi connectivity index (χ3n) is 4.31. The number of carbonyl (C=O) groups is 1. The number of aliphatic hydroxyl groups excluding tert-OH is 1. The normalized spacial score (nSPS) is 10.9. The molecule has 0 bridgehead atoms. The van der Waals surface area contributed by atoms with Gasteiger partial charge in [-0.05, 0) is 31.5 Å². The lowest BCUT2D eigenvalue weighted by Gasteiger charge is -2.11. The zero-order valence-electron chi connectivity index (χ0n) is 14.4. The molecule has 0 aliphatic carbocycles. The van der Waals surface area contributed by atoms with Crippen LogP contribution in [0.25, 0.3) is 11.0 Å². The van der Waals surface area contributed by atoms with E-state index in [1.54, 1.807) is 18.2 Å². The number of fused-ring (bicyclic) bond motifs is 1. The number of aryl methyl sites for hydroxylation is 1. The Hall–Kier alpha value is -2.93. The van der Waals surface area contributed by atoms with Crippen molar-refractivity contribution in [1.29, 1.82) is 0 Å². The van der Waals surface area contributed by atoms with Gasteiger partial charge in [-0.3, -0.25) is 0 Å². The summed E-state index contributed by atoms with van der Waals surface area (Å²) in [7, 11) is 1.35. The summed E-state index contributed by atoms with van der Waals surface area (Å²) >= 11 is 0. The van der Waals surface area contributed by atoms with E-state index >= 15 is 0 Å². The number of hydrogen-bond acceptors (Lipinski definition) is 6. The summed E-state index contributed by atoms with van der Waals surface area (Å²) in [6.07, 6.45) is 1.47. The molecule has 2 N–H and O–H groups in total. The van der Waals surface area contributed by atoms with Gasteiger partial charge in [-0.1, -0.05) is 12.1 Å². The molecule has 0 unspecified atom stereocenters. The lowest BCUT2D eigenvalue weighted by atomic mass is 10.1. The number of nitrogens with zero attached hydrogens (tertiary/aromatic N) is 3. The highest BCUT2D eigenvalue weighted by molar-refractivity contribution is 5.99. The van der Waals surface area contributed by atoms with E-state index < -0.39 is 5.97 Å². The zero-order valence-corrected chi connectivity index (χ0v) is 14.4. The summed E-state index contributed by atoms with van der Waals surface area (Å²) in [5.41, 5.74) is 3.84. The maximum atomic E-state index is 12.0. The number of methoxy groups -OCH3 is 1. The summed E-state index contributed by atoms with van der Waals surface area (Å²) in [6.45, 7) is 4.47. The molecule has 0 fully saturated rings. The van der Waals surface area contributed by atoms with Crippen molar-refractivity contribution in [2.45, 2.75) is 20.4 Å². The fourth-order valence-electron chi connectivity index (χ4n) is 2.94. The zero-order chi connectivity index (χ0) is 18.0. The fraction of sp³-hybridized carbons (Fsp3) is 0.278. The largest absolute Gasteiger partial charge is 0.465 e. The quantitative estimate of drug-likeness (QED) is 0.694. The second-order valence-electron chi connectivity index (χ2n) is 5.67. The molecule has 0 spiro atoms. The number of esters is 1. The van der Waals surface area contributed by atoms with Crippen LogP contribution in [0.2, 0.25) is 0 Å². The van der Waals surface area contributed by atoms with Gasteiger partial charge in [0, 0.05) is 12.2 Å². The van der Waals surface area contributed by atoms with Gasteiger partial charge in [-0.2, -0.15) is 0 Å². The van der Waals surface area contributed by atoms with Crippen molar-refractivity contribution in [2.24, 2.45) is 0 Å². The maximum absolute atomic E-state index is 12.0. The number of aromatic nitrogens is 3. The van der Waals surface area contributed by atoms with Crippen LogP contribution in [-0.2, 0) is 11.3 Å². The molecule has 0 aliphatic rings. The Kier molecular flexibility index (Phi) is 4.67. The average molecular weight is 340 g/mol. The van der Waals surface area contributed by atoms with Crippen LogP contribution in [0.4, 0.5) is 11.5 Å². The third-order valence-corrected chi connectivity index (χ3v) is 4.31. The minimum Gasteiger partial charge on any atom is -0.465 e. The first-order valence-corrected chi connectivity index (χ1v) is 7.94. The number of carbonyl (C=O) groups excluding carboxylic acids is 1. The van der Waals surface area contributed by atoms with E-state index in [1.165, 1.54) is 13.4 Å². The molecule has 0 aliphatic heterocycles. The predicted octanol–water partition coefficient (Wildman–Crippen LogP) is 2.57. The first-order chi connectivity index (χ1) is 12.1. The average Bonchev–Trinajstić information content (AvgIpc) is 2.88. The molecular formula is C18H20N4O3. The smallest absolute Gasteiger partial charge is 0.339 e. The van der Waals surface area contributed by atoms with Crippen LogP contribution in [0.1, 0.15) is 21.6 Å². The topological polar surface area (TPSA) is 89.3 Å². The van der Waals surface area contributed by atoms with Gasteiger partial charge >= 0.3 is 5.97 Å². The summed E-state index contributed by atoms with van der Waals surface area (Å²) in [5.74, 6) is 0.192. The third kappa shape index (κ3) is 2.94. The Labute approximate surface area is 145 Å². The van der Waals surface area contributed by atoms with Crippen molar-refractivity contribution in [1.82, 2.24) is 14.5 Å². The summed E-state index contributed by atoms with van der Waals surface area (Å²) in [6, 6.07) is 7.11. The van der Waals surface area contributed by atoms with Gasteiger partial charge in [-0.15, -0.1) is 0 Å². The van der Waals surface area contributed by atoms with E-state index in [0.717, 1.165) is 22.3 Å². The van der Waals surface area contributed by atoms with E-state index in [2.05, 4.69) is 15.3 Å². The number of aliphatic hydroxyl groups is 1. The van der Waals surface area contributed by atoms with Gasteiger partial charge in [0.05, 0.1) is 30.4 Å². The van der Waals surface area contributed by atoms with E-state index in [4.69, 9.17) is 4.74 Å². The van der Waals surface area contributed by atoms with Gasteiger partial charge < -0.3 is 19.7 Å². The molecule has 25 heavy (non-hydrogen) atoms. The SMILES string of the molecule is COC(=O)c1ccccc1Nc1ncnc2c1c(C)c(C)n2CCO. The lowest BCUT2D eigenvalue weighted by Crippen LogP contribution is -2.07. The highest BCUT2D eigenvalue weighted by Crippen LogP contribution is 2.31. The highest BCUT2D eigenvalue weighted by Gasteiger charge is 2.18. The molecular weight excluding hydrogens is 320 g/mol. The predicted molar refractivity (Wildman–Crippen MR) is 95.2 cm³/mol. The molecule has 0 saturated carbocycles. The monoisotopic (exact) mass is 340 g/mol. The number of hydrogen-bond donors (Lipinski definition) is 2. The Balaban J connectivity index is 2.13. The Morgan fingerprint density at radius 3 is 2.76 bits per heavy atom. The van der Waals surface area contributed by atoms with Crippen molar-refractivity contribution in [3.63, 3.8) is 0 Å². The number of benzene rings is 1.